The van der Waals surface area contributed by atoms with E-state index in [4.69, 9.17) is 4.74 Å². The molecule has 1 heterocycles. The highest BCUT2D eigenvalue weighted by atomic mass is 16.5. The number of ether oxygens (including phenoxy) is 1. The number of rotatable bonds is 1. The molecule has 0 radical (unpaired) electrons. The van der Waals surface area contributed by atoms with Crippen LogP contribution in [0.4, 0.5) is 0 Å². The molecule has 12 heavy (non-hydrogen) atoms. The summed E-state index contributed by atoms with van der Waals surface area (Å²) in [5, 5.41) is 9.23. The van der Waals surface area contributed by atoms with E-state index < -0.39 is 0 Å². The van der Waals surface area contributed by atoms with Gasteiger partial charge in [-0.05, 0) is 36.5 Å². The van der Waals surface area contributed by atoms with Crippen molar-refractivity contribution in [2.45, 2.75) is 19.8 Å². The first-order valence-corrected chi connectivity index (χ1v) is 5.00. The third kappa shape index (κ3) is 1.38. The van der Waals surface area contributed by atoms with Gasteiger partial charge in [-0.25, -0.2) is 0 Å². The summed E-state index contributed by atoms with van der Waals surface area (Å²) in [5.74, 6) is 2.65. The minimum Gasteiger partial charge on any atom is -0.396 e. The molecule has 2 aliphatic rings. The zero-order chi connectivity index (χ0) is 8.55. The van der Waals surface area contributed by atoms with Crippen molar-refractivity contribution >= 4 is 0 Å². The first kappa shape index (κ1) is 8.52. The minimum absolute atomic E-state index is 0.366. The summed E-state index contributed by atoms with van der Waals surface area (Å²) in [5.41, 5.74) is 0. The van der Waals surface area contributed by atoms with Gasteiger partial charge < -0.3 is 9.84 Å². The first-order chi connectivity index (χ1) is 5.81. The Morgan fingerprint density at radius 1 is 1.25 bits per heavy atom. The van der Waals surface area contributed by atoms with E-state index >= 15 is 0 Å². The maximum atomic E-state index is 9.23. The van der Waals surface area contributed by atoms with Gasteiger partial charge in [0.2, 0.25) is 0 Å². The molecule has 1 saturated heterocycles. The van der Waals surface area contributed by atoms with Crippen LogP contribution in [0.1, 0.15) is 19.8 Å². The Bertz CT molecular complexity index is 144. The summed E-state index contributed by atoms with van der Waals surface area (Å²) >= 11 is 0. The Morgan fingerprint density at radius 3 is 2.33 bits per heavy atom. The monoisotopic (exact) mass is 170 g/mol. The Morgan fingerprint density at radius 2 is 1.83 bits per heavy atom. The van der Waals surface area contributed by atoms with Gasteiger partial charge in [0.05, 0.1) is 0 Å². The summed E-state index contributed by atoms with van der Waals surface area (Å²) in [6.07, 6.45) is 2.50. The van der Waals surface area contributed by atoms with Crippen LogP contribution in [0.15, 0.2) is 0 Å². The molecule has 2 atom stereocenters. The maximum Gasteiger partial charge on any atom is 0.0498 e. The molecule has 70 valence electrons. The molecule has 2 heteroatoms. The van der Waals surface area contributed by atoms with Crippen molar-refractivity contribution in [3.8, 4) is 0 Å². The van der Waals surface area contributed by atoms with Crippen molar-refractivity contribution in [3.63, 3.8) is 0 Å². The average Bonchev–Trinajstić information content (AvgIpc) is 2.02. The number of hydrogen-bond donors (Lipinski definition) is 1. The lowest BCUT2D eigenvalue weighted by Gasteiger charge is -2.44. The molecule has 2 rings (SSSR count). The number of hydrogen-bond acceptors (Lipinski definition) is 2. The van der Waals surface area contributed by atoms with Gasteiger partial charge in [0, 0.05) is 19.8 Å². The SMILES string of the molecule is CC1CC2COCC(C1)C2CO. The second-order valence-corrected chi connectivity index (χ2v) is 4.48. The van der Waals surface area contributed by atoms with E-state index in [0.717, 1.165) is 19.1 Å². The van der Waals surface area contributed by atoms with Gasteiger partial charge in [0.25, 0.3) is 0 Å². The zero-order valence-corrected chi connectivity index (χ0v) is 7.70. The second kappa shape index (κ2) is 3.35. The molecular formula is C10H18O2. The average molecular weight is 170 g/mol. The highest BCUT2D eigenvalue weighted by Gasteiger charge is 2.38. The summed E-state index contributed by atoms with van der Waals surface area (Å²) in [6, 6.07) is 0. The van der Waals surface area contributed by atoms with E-state index in [1.807, 2.05) is 0 Å². The van der Waals surface area contributed by atoms with Crippen LogP contribution in [0.3, 0.4) is 0 Å². The fourth-order valence-electron chi connectivity index (χ4n) is 2.92. The molecule has 2 nitrogen and oxygen atoms in total. The molecule has 1 saturated carbocycles. The van der Waals surface area contributed by atoms with Crippen molar-refractivity contribution in [1.29, 1.82) is 0 Å². The second-order valence-electron chi connectivity index (χ2n) is 4.48. The lowest BCUT2D eigenvalue weighted by Crippen LogP contribution is -2.43. The number of fused-ring (bicyclic) bond motifs is 2. The van der Waals surface area contributed by atoms with Gasteiger partial charge >= 0.3 is 0 Å². The Hall–Kier alpha value is -0.0800. The zero-order valence-electron chi connectivity index (χ0n) is 7.70. The van der Waals surface area contributed by atoms with Crippen LogP contribution in [0.25, 0.3) is 0 Å². The van der Waals surface area contributed by atoms with Crippen LogP contribution < -0.4 is 0 Å². The molecule has 2 bridgehead atoms. The highest BCUT2D eigenvalue weighted by molar-refractivity contribution is 4.87. The van der Waals surface area contributed by atoms with Crippen molar-refractivity contribution in [3.05, 3.63) is 0 Å². The minimum atomic E-state index is 0.366. The molecule has 1 N–H and O–H groups in total. The molecule has 0 aromatic rings. The standard InChI is InChI=1S/C10H18O2/c1-7-2-8-5-12-6-9(3-7)10(8)4-11/h7-11H,2-6H2,1H3. The van der Waals surface area contributed by atoms with E-state index in [-0.39, 0.29) is 0 Å². The van der Waals surface area contributed by atoms with Gasteiger partial charge in [0.15, 0.2) is 0 Å². The van der Waals surface area contributed by atoms with Crippen LogP contribution in [0.2, 0.25) is 0 Å². The molecule has 1 aliphatic carbocycles. The van der Waals surface area contributed by atoms with E-state index in [0.29, 0.717) is 24.4 Å². The van der Waals surface area contributed by atoms with Crippen molar-refractivity contribution in [2.24, 2.45) is 23.7 Å². The van der Waals surface area contributed by atoms with Crippen LogP contribution in [-0.4, -0.2) is 24.9 Å². The Balaban J connectivity index is 2.06. The Kier molecular flexibility index (Phi) is 2.37. The molecule has 0 aromatic heterocycles. The van der Waals surface area contributed by atoms with E-state index in [2.05, 4.69) is 6.92 Å². The van der Waals surface area contributed by atoms with E-state index in [1.54, 1.807) is 0 Å². The third-order valence-electron chi connectivity index (χ3n) is 3.50. The molecule has 2 unspecified atom stereocenters. The quantitative estimate of drug-likeness (QED) is 0.642. The molecule has 0 aromatic carbocycles. The van der Waals surface area contributed by atoms with Crippen molar-refractivity contribution in [1.82, 2.24) is 0 Å². The summed E-state index contributed by atoms with van der Waals surface area (Å²) in [7, 11) is 0. The fraction of sp³-hybridized carbons (Fsp3) is 1.00. The number of aliphatic hydroxyl groups excluding tert-OH is 1. The maximum absolute atomic E-state index is 9.23. The highest BCUT2D eigenvalue weighted by Crippen LogP contribution is 2.40. The summed E-state index contributed by atoms with van der Waals surface area (Å²) < 4.78 is 5.51. The fourth-order valence-corrected chi connectivity index (χ4v) is 2.92. The molecule has 0 spiro atoms. The third-order valence-corrected chi connectivity index (χ3v) is 3.50. The number of aliphatic hydroxyl groups is 1. The van der Waals surface area contributed by atoms with Crippen molar-refractivity contribution in [2.75, 3.05) is 19.8 Å². The van der Waals surface area contributed by atoms with Gasteiger partial charge in [-0.1, -0.05) is 6.92 Å². The van der Waals surface area contributed by atoms with Crippen LogP contribution in [0, 0.1) is 23.7 Å². The lowest BCUT2D eigenvalue weighted by atomic mass is 9.68. The van der Waals surface area contributed by atoms with Crippen LogP contribution >= 0.6 is 0 Å². The van der Waals surface area contributed by atoms with Gasteiger partial charge in [0.1, 0.15) is 0 Å². The molecule has 1 aliphatic heterocycles. The molecule has 2 fully saturated rings. The topological polar surface area (TPSA) is 29.5 Å². The summed E-state index contributed by atoms with van der Waals surface area (Å²) in [4.78, 5) is 0. The van der Waals surface area contributed by atoms with E-state index in [9.17, 15) is 5.11 Å². The summed E-state index contributed by atoms with van der Waals surface area (Å²) in [6.45, 7) is 4.45. The molecular weight excluding hydrogens is 152 g/mol. The smallest absolute Gasteiger partial charge is 0.0498 e. The predicted octanol–water partition coefficient (Wildman–Crippen LogP) is 1.29. The lowest BCUT2D eigenvalue weighted by molar-refractivity contribution is -0.0847. The van der Waals surface area contributed by atoms with Gasteiger partial charge in [-0.15, -0.1) is 0 Å². The molecule has 0 amide bonds. The largest absolute Gasteiger partial charge is 0.396 e. The first-order valence-electron chi connectivity index (χ1n) is 5.00. The van der Waals surface area contributed by atoms with E-state index in [1.165, 1.54) is 12.8 Å². The van der Waals surface area contributed by atoms with Crippen LogP contribution in [-0.2, 0) is 4.74 Å². The predicted molar refractivity (Wildman–Crippen MR) is 46.8 cm³/mol. The van der Waals surface area contributed by atoms with Crippen molar-refractivity contribution < 1.29 is 9.84 Å². The van der Waals surface area contributed by atoms with Gasteiger partial charge in [-0.2, -0.15) is 0 Å². The van der Waals surface area contributed by atoms with Crippen LogP contribution in [0.5, 0.6) is 0 Å². The normalized spacial score (nSPS) is 47.5. The Labute approximate surface area is 73.9 Å². The van der Waals surface area contributed by atoms with Gasteiger partial charge in [-0.3, -0.25) is 0 Å².